The predicted octanol–water partition coefficient (Wildman–Crippen LogP) is 0.374. The number of aliphatic carboxylic acids is 2. The number of methoxy groups -OCH3 is 1. The largest absolute Gasteiger partial charge is 0.506 e. The van der Waals surface area contributed by atoms with Crippen molar-refractivity contribution in [3.8, 4) is 11.5 Å². The van der Waals surface area contributed by atoms with Gasteiger partial charge in [0, 0.05) is 24.0 Å². The first-order valence-corrected chi connectivity index (χ1v) is 11.2. The van der Waals surface area contributed by atoms with Crippen molar-refractivity contribution in [3.63, 3.8) is 0 Å². The van der Waals surface area contributed by atoms with Crippen LogP contribution < -0.4 is 15.6 Å². The second-order valence-electron chi connectivity index (χ2n) is 8.23. The zero-order valence-electron chi connectivity index (χ0n) is 20.2. The molecule has 3 rings (SSSR count). The number of pyridine rings is 1. The Morgan fingerprint density at radius 3 is 2.08 bits per heavy atom. The predicted molar refractivity (Wildman–Crippen MR) is 133 cm³/mol. The summed E-state index contributed by atoms with van der Waals surface area (Å²) in [4.78, 5) is 33.7. The van der Waals surface area contributed by atoms with Crippen LogP contribution in [0.2, 0.25) is 0 Å². The lowest BCUT2D eigenvalue weighted by molar-refractivity contribution is -0.165. The van der Waals surface area contributed by atoms with Crippen LogP contribution in [-0.2, 0) is 16.0 Å². The summed E-state index contributed by atoms with van der Waals surface area (Å²) in [7, 11) is 1.64. The molecule has 1 aromatic heterocycles. The topological polar surface area (TPSA) is 210 Å². The first-order valence-electron chi connectivity index (χ1n) is 11.2. The van der Waals surface area contributed by atoms with E-state index in [4.69, 9.17) is 25.2 Å². The number of phenolic OH excluding ortho intramolecular Hbond substituents is 1. The van der Waals surface area contributed by atoms with Gasteiger partial charge >= 0.3 is 11.9 Å². The number of aromatic amines is 1. The van der Waals surface area contributed by atoms with Crippen molar-refractivity contribution in [2.24, 2.45) is 0 Å². The fourth-order valence-electron chi connectivity index (χ4n) is 3.43. The maximum absolute atomic E-state index is 11.5. The normalized spacial score (nSPS) is 14.1. The minimum Gasteiger partial charge on any atom is -0.506 e. The third kappa shape index (κ3) is 8.29. The average molecular weight is 519 g/mol. The second kappa shape index (κ2) is 13.4. The van der Waals surface area contributed by atoms with E-state index in [-0.39, 0.29) is 17.4 Å². The van der Waals surface area contributed by atoms with E-state index in [0.29, 0.717) is 23.0 Å². The molecule has 1 heterocycles. The molecule has 0 aliphatic heterocycles. The zero-order valence-corrected chi connectivity index (χ0v) is 20.2. The number of fused-ring (bicyclic) bond motifs is 1. The van der Waals surface area contributed by atoms with Gasteiger partial charge in [0.15, 0.2) is 12.2 Å². The minimum atomic E-state index is -2.27. The molecule has 0 saturated carbocycles. The highest BCUT2D eigenvalue weighted by Gasteiger charge is 2.29. The molecule has 0 bridgehead atoms. The highest BCUT2D eigenvalue weighted by Crippen LogP contribution is 2.28. The molecule has 0 radical (unpaired) electrons. The summed E-state index contributed by atoms with van der Waals surface area (Å²) in [6.07, 6.45) is -4.48. The van der Waals surface area contributed by atoms with Gasteiger partial charge < -0.3 is 45.7 Å². The van der Waals surface area contributed by atoms with Crippen molar-refractivity contribution in [1.29, 1.82) is 0 Å². The van der Waals surface area contributed by atoms with E-state index in [1.165, 1.54) is 17.7 Å². The van der Waals surface area contributed by atoms with Crippen molar-refractivity contribution in [3.05, 3.63) is 70.0 Å². The number of carboxylic acids is 2. The molecular formula is C25H30N2O10. The van der Waals surface area contributed by atoms with Gasteiger partial charge in [-0.25, -0.2) is 9.59 Å². The van der Waals surface area contributed by atoms with E-state index in [0.717, 1.165) is 12.2 Å². The van der Waals surface area contributed by atoms with E-state index in [9.17, 15) is 24.6 Å². The number of aromatic nitrogens is 1. The lowest BCUT2D eigenvalue weighted by Crippen LogP contribution is -2.39. The molecule has 12 heteroatoms. The van der Waals surface area contributed by atoms with Crippen LogP contribution in [0.3, 0.4) is 0 Å². The fourth-order valence-corrected chi connectivity index (χ4v) is 3.43. The molecule has 12 nitrogen and oxygen atoms in total. The fraction of sp³-hybridized carbons (Fsp3) is 0.320. The number of aliphatic hydroxyl groups is 3. The average Bonchev–Trinajstić information content (AvgIpc) is 2.87. The summed E-state index contributed by atoms with van der Waals surface area (Å²) in [6.45, 7) is 2.42. The van der Waals surface area contributed by atoms with Gasteiger partial charge in [-0.05, 0) is 48.7 Å². The molecule has 0 amide bonds. The Balaban J connectivity index is 0.000000410. The lowest BCUT2D eigenvalue weighted by Gasteiger charge is -2.19. The van der Waals surface area contributed by atoms with Crippen LogP contribution in [0.1, 0.15) is 24.2 Å². The number of H-pyrrole nitrogens is 1. The summed E-state index contributed by atoms with van der Waals surface area (Å²) >= 11 is 0. The molecule has 2 unspecified atom stereocenters. The van der Waals surface area contributed by atoms with Crippen molar-refractivity contribution < 1.29 is 45.0 Å². The third-order valence-corrected chi connectivity index (χ3v) is 5.43. The first-order chi connectivity index (χ1) is 17.4. The molecule has 0 fully saturated rings. The summed E-state index contributed by atoms with van der Waals surface area (Å²) in [5.41, 5.74) is 1.88. The highest BCUT2D eigenvalue weighted by atomic mass is 16.5. The number of ether oxygens (including phenoxy) is 1. The lowest BCUT2D eigenvalue weighted by atomic mass is 10.0. The first kappa shape index (κ1) is 29.3. The van der Waals surface area contributed by atoms with Gasteiger partial charge in [0.2, 0.25) is 5.56 Å². The van der Waals surface area contributed by atoms with Crippen LogP contribution in [0, 0.1) is 0 Å². The molecular weight excluding hydrogens is 488 g/mol. The Morgan fingerprint density at radius 2 is 1.54 bits per heavy atom. The van der Waals surface area contributed by atoms with E-state index < -0.39 is 30.3 Å². The maximum Gasteiger partial charge on any atom is 0.335 e. The quantitative estimate of drug-likeness (QED) is 0.184. The summed E-state index contributed by atoms with van der Waals surface area (Å²) in [5.74, 6) is -2.73. The molecule has 0 aliphatic carbocycles. The summed E-state index contributed by atoms with van der Waals surface area (Å²) in [6, 6.07) is 14.2. The van der Waals surface area contributed by atoms with Crippen molar-refractivity contribution in [2.75, 3.05) is 13.7 Å². The Bertz CT molecular complexity index is 1240. The van der Waals surface area contributed by atoms with Gasteiger partial charge in [0.25, 0.3) is 0 Å². The molecule has 0 aliphatic rings. The van der Waals surface area contributed by atoms with Gasteiger partial charge in [-0.1, -0.05) is 18.2 Å². The number of aromatic hydroxyl groups is 1. The standard InChI is InChI=1S/C21H24N2O4.C4H6O6/c1-13(11-14-3-5-15(27-2)6-4-14)22-12-19(25)16-7-9-18(24)21-17(16)8-10-20(26)23-21;5-1(3(7)8)2(6)4(9)10/h3-10,13,19,22,24-25H,11-12H2,1-2H3,(H,23,26);1-2,5-6H,(H,7,8)(H,9,10)/t13-,19+;/m1./s1. The highest BCUT2D eigenvalue weighted by molar-refractivity contribution is 5.87. The van der Waals surface area contributed by atoms with Crippen LogP contribution >= 0.6 is 0 Å². The van der Waals surface area contributed by atoms with Gasteiger partial charge in [-0.2, -0.15) is 0 Å². The Labute approximate surface area is 211 Å². The van der Waals surface area contributed by atoms with Crippen LogP contribution in [-0.4, -0.2) is 79.5 Å². The molecule has 4 atom stereocenters. The number of carbonyl (C=O) groups is 2. The van der Waals surface area contributed by atoms with E-state index >= 15 is 0 Å². The number of carboxylic acid groups (broad SMARTS) is 2. The molecule has 8 N–H and O–H groups in total. The Kier molecular flexibility index (Phi) is 10.6. The number of nitrogens with one attached hydrogen (secondary N) is 2. The minimum absolute atomic E-state index is 0.0144. The maximum atomic E-state index is 11.5. The number of hydrogen-bond donors (Lipinski definition) is 8. The monoisotopic (exact) mass is 518 g/mol. The van der Waals surface area contributed by atoms with Gasteiger partial charge in [-0.3, -0.25) is 4.79 Å². The Hall–Kier alpha value is -3.97. The third-order valence-electron chi connectivity index (χ3n) is 5.43. The van der Waals surface area contributed by atoms with Gasteiger partial charge in [0.05, 0.1) is 18.7 Å². The van der Waals surface area contributed by atoms with Crippen LogP contribution in [0.4, 0.5) is 0 Å². The molecule has 2 aromatic carbocycles. The van der Waals surface area contributed by atoms with Gasteiger partial charge in [0.1, 0.15) is 11.5 Å². The summed E-state index contributed by atoms with van der Waals surface area (Å²) in [5, 5.41) is 57.0. The smallest absolute Gasteiger partial charge is 0.335 e. The zero-order chi connectivity index (χ0) is 27.7. The van der Waals surface area contributed by atoms with Crippen LogP contribution in [0.25, 0.3) is 10.9 Å². The molecule has 200 valence electrons. The van der Waals surface area contributed by atoms with Crippen LogP contribution in [0.5, 0.6) is 11.5 Å². The van der Waals surface area contributed by atoms with E-state index in [2.05, 4.69) is 17.2 Å². The van der Waals surface area contributed by atoms with Crippen molar-refractivity contribution in [1.82, 2.24) is 10.3 Å². The number of phenols is 1. The van der Waals surface area contributed by atoms with Crippen molar-refractivity contribution in [2.45, 2.75) is 37.7 Å². The molecule has 37 heavy (non-hydrogen) atoms. The molecule has 0 spiro atoms. The molecule has 0 saturated heterocycles. The number of benzene rings is 2. The molecule has 3 aromatic rings. The summed E-state index contributed by atoms with van der Waals surface area (Å²) < 4.78 is 5.16. The van der Waals surface area contributed by atoms with Crippen LogP contribution in [0.15, 0.2) is 53.3 Å². The number of rotatable bonds is 10. The Morgan fingerprint density at radius 1 is 0.946 bits per heavy atom. The number of aliphatic hydroxyl groups excluding tert-OH is 3. The number of hydrogen-bond acceptors (Lipinski definition) is 9. The van der Waals surface area contributed by atoms with Crippen molar-refractivity contribution >= 4 is 22.8 Å². The van der Waals surface area contributed by atoms with Gasteiger partial charge in [-0.15, -0.1) is 0 Å². The second-order valence-corrected chi connectivity index (χ2v) is 8.23. The van der Waals surface area contributed by atoms with E-state index in [1.54, 1.807) is 19.2 Å². The SMILES string of the molecule is COc1ccc(C[C@@H](C)NC[C@H](O)c2ccc(O)c3[nH]c(=O)ccc23)cc1.O=C(O)C(O)C(O)C(=O)O. The van der Waals surface area contributed by atoms with E-state index in [1.807, 2.05) is 24.3 Å².